The summed E-state index contributed by atoms with van der Waals surface area (Å²) in [6.45, 7) is 1.52. The van der Waals surface area contributed by atoms with E-state index in [-0.39, 0.29) is 29.0 Å². The Hall–Kier alpha value is -4.49. The first-order valence-electron chi connectivity index (χ1n) is 9.21. The molecule has 0 bridgehead atoms. The number of carboxylic acid groups (broad SMARTS) is 1. The number of carboxylic acids is 1. The summed E-state index contributed by atoms with van der Waals surface area (Å²) in [5.74, 6) is -0.345. The van der Waals surface area contributed by atoms with Crippen molar-refractivity contribution in [3.8, 4) is 17.4 Å². The highest BCUT2D eigenvalue weighted by atomic mass is 16.6. The van der Waals surface area contributed by atoms with E-state index in [1.165, 1.54) is 31.4 Å². The van der Waals surface area contributed by atoms with E-state index >= 15 is 0 Å². The predicted octanol–water partition coefficient (Wildman–Crippen LogP) is 3.74. The molecule has 3 aromatic rings. The number of H-pyrrole nitrogens is 1. The van der Waals surface area contributed by atoms with Gasteiger partial charge in [0.25, 0.3) is 11.2 Å². The van der Waals surface area contributed by atoms with Crippen molar-refractivity contribution in [2.45, 2.75) is 13.5 Å². The minimum absolute atomic E-state index is 0.107. The largest absolute Gasteiger partial charge is 0.478 e. The molecule has 1 aromatic carbocycles. The van der Waals surface area contributed by atoms with E-state index in [4.69, 9.17) is 9.15 Å². The van der Waals surface area contributed by atoms with Crippen molar-refractivity contribution in [3.05, 3.63) is 84.5 Å². The van der Waals surface area contributed by atoms with E-state index in [2.05, 4.69) is 4.98 Å². The van der Waals surface area contributed by atoms with Crippen molar-refractivity contribution in [2.24, 2.45) is 0 Å². The summed E-state index contributed by atoms with van der Waals surface area (Å²) in [7, 11) is 1.30. The number of pyridine rings is 1. The van der Waals surface area contributed by atoms with Gasteiger partial charge in [-0.15, -0.1) is 0 Å². The van der Waals surface area contributed by atoms with Crippen molar-refractivity contribution in [3.63, 3.8) is 0 Å². The first kappa shape index (κ1) is 22.2. The molecular formula is C22H17N3O7. The number of nitrogens with one attached hydrogen (secondary N) is 1. The molecule has 0 radical (unpaired) electrons. The maximum Gasteiger partial charge on any atom is 0.335 e. The number of aromatic carboxylic acids is 1. The topological polar surface area (TPSA) is 159 Å². The number of aryl methyl sites for hydroxylation is 1. The molecule has 0 saturated carbocycles. The summed E-state index contributed by atoms with van der Waals surface area (Å²) in [6, 6.07) is 9.55. The second-order valence-corrected chi connectivity index (χ2v) is 6.74. The van der Waals surface area contributed by atoms with E-state index in [0.717, 1.165) is 5.56 Å². The molecule has 0 amide bonds. The van der Waals surface area contributed by atoms with Gasteiger partial charge in [-0.25, -0.2) is 4.79 Å². The van der Waals surface area contributed by atoms with Crippen LogP contribution in [-0.4, -0.2) is 28.1 Å². The van der Waals surface area contributed by atoms with Gasteiger partial charge in [-0.2, -0.15) is 5.26 Å². The molecule has 2 heterocycles. The standard InChI is InChI=1S/C22H17N3O7/c1-12-3-4-13(22(27)28)9-15(12)19-8-6-14(32-19)5-7-18-20(25(29)30)17(11-31-2)16(10-23)21(26)24-18/h3-9H,11H2,1-2H3,(H,24,26)(H,27,28)/b7-5+. The highest BCUT2D eigenvalue weighted by Crippen LogP contribution is 2.29. The fraction of sp³-hybridized carbons (Fsp3) is 0.136. The number of methoxy groups -OCH3 is 1. The quantitative estimate of drug-likeness (QED) is 0.419. The molecule has 3 rings (SSSR count). The minimum atomic E-state index is -1.07. The maximum absolute atomic E-state index is 12.2. The second-order valence-electron chi connectivity index (χ2n) is 6.74. The number of aromatic amines is 1. The van der Waals surface area contributed by atoms with Crippen LogP contribution in [0.2, 0.25) is 0 Å². The van der Waals surface area contributed by atoms with Crippen LogP contribution >= 0.6 is 0 Å². The number of nitrogens with zero attached hydrogens (tertiary/aromatic N) is 2. The summed E-state index contributed by atoms with van der Waals surface area (Å²) in [4.78, 5) is 36.7. The zero-order chi connectivity index (χ0) is 23.4. The smallest absolute Gasteiger partial charge is 0.335 e. The number of carbonyl (C=O) groups is 1. The normalized spacial score (nSPS) is 10.9. The lowest BCUT2D eigenvalue weighted by atomic mass is 10.0. The number of hydrogen-bond acceptors (Lipinski definition) is 7. The first-order chi connectivity index (χ1) is 15.3. The Morgan fingerprint density at radius 3 is 2.72 bits per heavy atom. The molecule has 10 nitrogen and oxygen atoms in total. The Balaban J connectivity index is 2.04. The molecule has 0 unspecified atom stereocenters. The van der Waals surface area contributed by atoms with Gasteiger partial charge in [-0.3, -0.25) is 14.9 Å². The zero-order valence-electron chi connectivity index (χ0n) is 17.0. The van der Waals surface area contributed by atoms with Gasteiger partial charge in [0.05, 0.1) is 22.7 Å². The minimum Gasteiger partial charge on any atom is -0.478 e. The Bertz CT molecular complexity index is 1340. The Morgan fingerprint density at radius 2 is 2.09 bits per heavy atom. The van der Waals surface area contributed by atoms with Crippen molar-refractivity contribution >= 4 is 23.8 Å². The van der Waals surface area contributed by atoms with Crippen molar-refractivity contribution in [2.75, 3.05) is 7.11 Å². The third-order valence-corrected chi connectivity index (χ3v) is 4.69. The fourth-order valence-electron chi connectivity index (χ4n) is 3.17. The van der Waals surface area contributed by atoms with Crippen LogP contribution in [0.5, 0.6) is 0 Å². The van der Waals surface area contributed by atoms with Crippen LogP contribution in [0, 0.1) is 28.4 Å². The van der Waals surface area contributed by atoms with Gasteiger partial charge in [0, 0.05) is 12.7 Å². The van der Waals surface area contributed by atoms with Crippen LogP contribution in [-0.2, 0) is 11.3 Å². The molecule has 2 N–H and O–H groups in total. The molecule has 162 valence electrons. The SMILES string of the molecule is COCc1c([N+](=O)[O-])c(/C=C/c2ccc(-c3cc(C(=O)O)ccc3C)o2)[nH]c(=O)c1C#N. The summed E-state index contributed by atoms with van der Waals surface area (Å²) in [5.41, 5.74) is -0.346. The summed E-state index contributed by atoms with van der Waals surface area (Å²) in [6.07, 6.45) is 2.71. The van der Waals surface area contributed by atoms with Gasteiger partial charge in [0.15, 0.2) is 0 Å². The van der Waals surface area contributed by atoms with Crippen LogP contribution < -0.4 is 5.56 Å². The maximum atomic E-state index is 12.2. The second kappa shape index (κ2) is 9.11. The van der Waals surface area contributed by atoms with Crippen LogP contribution in [0.15, 0.2) is 39.5 Å². The number of hydrogen-bond donors (Lipinski definition) is 2. The van der Waals surface area contributed by atoms with Gasteiger partial charge >= 0.3 is 5.97 Å². The lowest BCUT2D eigenvalue weighted by molar-refractivity contribution is -0.386. The van der Waals surface area contributed by atoms with Crippen LogP contribution in [0.1, 0.15) is 38.5 Å². The molecule has 0 aliphatic carbocycles. The Labute approximate surface area is 181 Å². The van der Waals surface area contributed by atoms with E-state index in [1.54, 1.807) is 31.2 Å². The summed E-state index contributed by atoms with van der Waals surface area (Å²) >= 11 is 0. The Kier molecular flexibility index (Phi) is 6.32. The van der Waals surface area contributed by atoms with Gasteiger partial charge in [0.1, 0.15) is 28.8 Å². The predicted molar refractivity (Wildman–Crippen MR) is 114 cm³/mol. The van der Waals surface area contributed by atoms with Crippen molar-refractivity contribution in [1.29, 1.82) is 5.26 Å². The number of furan rings is 1. The monoisotopic (exact) mass is 435 g/mol. The van der Waals surface area contributed by atoms with Gasteiger partial charge in [-0.05, 0) is 48.9 Å². The molecule has 32 heavy (non-hydrogen) atoms. The number of nitro groups is 1. The Morgan fingerprint density at radius 1 is 1.34 bits per heavy atom. The van der Waals surface area contributed by atoms with E-state index in [1.807, 2.05) is 0 Å². The van der Waals surface area contributed by atoms with Gasteiger partial charge in [0.2, 0.25) is 0 Å². The lowest BCUT2D eigenvalue weighted by Crippen LogP contribution is -2.18. The number of aromatic nitrogens is 1. The number of benzene rings is 1. The molecule has 0 aliphatic rings. The summed E-state index contributed by atoms with van der Waals surface area (Å²) < 4.78 is 10.7. The molecular weight excluding hydrogens is 418 g/mol. The lowest BCUT2D eigenvalue weighted by Gasteiger charge is -2.06. The first-order valence-corrected chi connectivity index (χ1v) is 9.21. The molecule has 0 saturated heterocycles. The van der Waals surface area contributed by atoms with Crippen LogP contribution in [0.3, 0.4) is 0 Å². The van der Waals surface area contributed by atoms with Crippen LogP contribution in [0.25, 0.3) is 23.5 Å². The van der Waals surface area contributed by atoms with Gasteiger partial charge in [-0.1, -0.05) is 6.07 Å². The highest BCUT2D eigenvalue weighted by Gasteiger charge is 2.25. The third-order valence-electron chi connectivity index (χ3n) is 4.69. The molecule has 0 atom stereocenters. The van der Waals surface area contributed by atoms with E-state index in [9.17, 15) is 30.1 Å². The number of nitriles is 1. The fourth-order valence-corrected chi connectivity index (χ4v) is 3.17. The molecule has 0 aliphatic heterocycles. The van der Waals surface area contributed by atoms with E-state index < -0.39 is 22.1 Å². The number of rotatable bonds is 7. The van der Waals surface area contributed by atoms with Crippen molar-refractivity contribution < 1.29 is 24.0 Å². The van der Waals surface area contributed by atoms with Crippen molar-refractivity contribution in [1.82, 2.24) is 4.98 Å². The third kappa shape index (κ3) is 4.33. The molecule has 10 heteroatoms. The van der Waals surface area contributed by atoms with Crippen LogP contribution in [0.4, 0.5) is 5.69 Å². The summed E-state index contributed by atoms with van der Waals surface area (Å²) in [5, 5.41) is 30.0. The van der Waals surface area contributed by atoms with Gasteiger partial charge < -0.3 is 19.2 Å². The highest BCUT2D eigenvalue weighted by molar-refractivity contribution is 5.89. The van der Waals surface area contributed by atoms with E-state index in [0.29, 0.717) is 17.1 Å². The molecule has 0 spiro atoms. The average Bonchev–Trinajstić information content (AvgIpc) is 3.21. The average molecular weight is 435 g/mol. The number of ether oxygens (including phenoxy) is 1. The zero-order valence-corrected chi connectivity index (χ0v) is 17.0. The molecule has 0 fully saturated rings. The molecule has 2 aromatic heterocycles.